The fraction of sp³-hybridized carbons (Fsp3) is 0.588. The largest absolute Gasteiger partial charge is 0.335 e. The highest BCUT2D eigenvalue weighted by Gasteiger charge is 2.51. The van der Waals surface area contributed by atoms with Crippen molar-refractivity contribution in [2.24, 2.45) is 10.8 Å². The number of rotatable bonds is 1. The summed E-state index contributed by atoms with van der Waals surface area (Å²) in [6.45, 7) is 7.84. The van der Waals surface area contributed by atoms with Crippen LogP contribution in [0.3, 0.4) is 0 Å². The quantitative estimate of drug-likeness (QED) is 0.670. The number of hydrogen-bond acceptors (Lipinski definition) is 1. The molecule has 0 radical (unpaired) electrons. The topological polar surface area (TPSA) is 20.3 Å². The van der Waals surface area contributed by atoms with Crippen LogP contribution in [0, 0.1) is 10.8 Å². The molecule has 2 fully saturated rings. The molecule has 1 aliphatic carbocycles. The summed E-state index contributed by atoms with van der Waals surface area (Å²) < 4.78 is 0.783. The highest BCUT2D eigenvalue weighted by molar-refractivity contribution is 9.10. The van der Waals surface area contributed by atoms with E-state index in [4.69, 9.17) is 11.6 Å². The average Bonchev–Trinajstić information content (AvgIpc) is 2.57. The maximum Gasteiger partial charge on any atom is 0.255 e. The van der Waals surface area contributed by atoms with Crippen molar-refractivity contribution in [1.29, 1.82) is 0 Å². The van der Waals surface area contributed by atoms with Gasteiger partial charge < -0.3 is 4.90 Å². The molecule has 4 heteroatoms. The molecule has 0 N–H and O–H groups in total. The first kappa shape index (κ1) is 15.4. The molecule has 0 aromatic heterocycles. The zero-order chi connectivity index (χ0) is 15.4. The van der Waals surface area contributed by atoms with Crippen molar-refractivity contribution >= 4 is 33.4 Å². The van der Waals surface area contributed by atoms with Crippen molar-refractivity contribution in [3.05, 3.63) is 33.3 Å². The second-order valence-electron chi connectivity index (χ2n) is 7.77. The van der Waals surface area contributed by atoms with Gasteiger partial charge in [-0.15, -0.1) is 0 Å². The monoisotopic (exact) mass is 369 g/mol. The molecule has 2 bridgehead atoms. The van der Waals surface area contributed by atoms with Gasteiger partial charge in [-0.25, -0.2) is 0 Å². The summed E-state index contributed by atoms with van der Waals surface area (Å²) in [5, 5.41) is 0.645. The molecule has 2 unspecified atom stereocenters. The molecule has 1 heterocycles. The molecule has 1 aromatic carbocycles. The van der Waals surface area contributed by atoms with Crippen molar-refractivity contribution in [2.45, 2.75) is 46.1 Å². The predicted molar refractivity (Wildman–Crippen MR) is 89.7 cm³/mol. The Balaban J connectivity index is 1.90. The predicted octanol–water partition coefficient (Wildman–Crippen LogP) is 5.14. The van der Waals surface area contributed by atoms with Gasteiger partial charge in [0.2, 0.25) is 0 Å². The molecule has 1 saturated carbocycles. The smallest absolute Gasteiger partial charge is 0.255 e. The van der Waals surface area contributed by atoms with Gasteiger partial charge in [0, 0.05) is 22.1 Å². The van der Waals surface area contributed by atoms with E-state index in [2.05, 4.69) is 41.6 Å². The van der Waals surface area contributed by atoms with Crippen molar-refractivity contribution in [2.75, 3.05) is 6.54 Å². The number of hydrogen-bond donors (Lipinski definition) is 0. The van der Waals surface area contributed by atoms with Crippen molar-refractivity contribution in [3.8, 4) is 0 Å². The van der Waals surface area contributed by atoms with E-state index in [1.807, 2.05) is 6.07 Å². The van der Waals surface area contributed by atoms with E-state index in [1.165, 1.54) is 6.42 Å². The Labute approximate surface area is 140 Å². The third kappa shape index (κ3) is 2.87. The molecule has 3 rings (SSSR count). The van der Waals surface area contributed by atoms with Crippen molar-refractivity contribution in [3.63, 3.8) is 0 Å². The van der Waals surface area contributed by atoms with Crippen molar-refractivity contribution in [1.82, 2.24) is 4.90 Å². The molecule has 2 atom stereocenters. The summed E-state index contributed by atoms with van der Waals surface area (Å²) in [5.74, 6) is 0.130. The second kappa shape index (κ2) is 4.99. The fourth-order valence-electron chi connectivity index (χ4n) is 4.51. The lowest BCUT2D eigenvalue weighted by molar-refractivity contribution is 0.0707. The van der Waals surface area contributed by atoms with Crippen LogP contribution in [0.5, 0.6) is 0 Å². The number of carbonyl (C=O) groups is 1. The molecule has 1 aliphatic heterocycles. The van der Waals surface area contributed by atoms with E-state index in [1.54, 1.807) is 12.1 Å². The van der Waals surface area contributed by atoms with Crippen LogP contribution >= 0.6 is 27.5 Å². The Morgan fingerprint density at radius 1 is 1.33 bits per heavy atom. The highest BCUT2D eigenvalue weighted by Crippen LogP contribution is 2.52. The molecule has 1 saturated heterocycles. The van der Waals surface area contributed by atoms with Crippen molar-refractivity contribution < 1.29 is 4.79 Å². The number of benzene rings is 1. The average molecular weight is 371 g/mol. The van der Waals surface area contributed by atoms with Gasteiger partial charge in [0.05, 0.1) is 5.56 Å². The zero-order valence-electron chi connectivity index (χ0n) is 12.7. The molecule has 1 amide bonds. The van der Waals surface area contributed by atoms with Gasteiger partial charge in [-0.2, -0.15) is 0 Å². The Kier molecular flexibility index (Phi) is 3.65. The fourth-order valence-corrected chi connectivity index (χ4v) is 5.37. The van der Waals surface area contributed by atoms with Crippen LogP contribution in [0.25, 0.3) is 0 Å². The number of halogens is 2. The first-order valence-electron chi connectivity index (χ1n) is 7.45. The number of likely N-dealkylation sites (tertiary alicyclic amines) is 1. The molecule has 2 nitrogen and oxygen atoms in total. The number of amides is 1. The van der Waals surface area contributed by atoms with Gasteiger partial charge in [0.15, 0.2) is 0 Å². The third-order valence-electron chi connectivity index (χ3n) is 4.84. The number of nitrogens with zero attached hydrogens (tertiary/aromatic N) is 1. The van der Waals surface area contributed by atoms with Crippen LogP contribution in [-0.2, 0) is 0 Å². The molecule has 2 aliphatic rings. The molecule has 0 spiro atoms. The standard InChI is InChI=1S/C17H21BrClNO/c1-16(2)7-12-8-17(3,9-16)10-20(12)15(21)13-5-4-11(19)6-14(13)18/h4-6,12H,7-10H2,1-3H3. The van der Waals surface area contributed by atoms with E-state index in [0.717, 1.165) is 23.9 Å². The van der Waals surface area contributed by atoms with E-state index >= 15 is 0 Å². The van der Waals surface area contributed by atoms with Crippen LogP contribution in [0.2, 0.25) is 5.02 Å². The van der Waals surface area contributed by atoms with Gasteiger partial charge in [0.25, 0.3) is 5.91 Å². The minimum absolute atomic E-state index is 0.130. The SMILES string of the molecule is CC1(C)CC2CC(C)(CN2C(=O)c2ccc(Cl)cc2Br)C1. The Hall–Kier alpha value is -0.540. The molecule has 21 heavy (non-hydrogen) atoms. The lowest BCUT2D eigenvalue weighted by Gasteiger charge is -2.39. The first-order valence-corrected chi connectivity index (χ1v) is 8.62. The van der Waals surface area contributed by atoms with Crippen LogP contribution in [0.4, 0.5) is 0 Å². The number of carbonyl (C=O) groups excluding carboxylic acids is 1. The molecule has 114 valence electrons. The van der Waals surface area contributed by atoms with Crippen LogP contribution in [-0.4, -0.2) is 23.4 Å². The molecular weight excluding hydrogens is 350 g/mol. The normalized spacial score (nSPS) is 30.5. The Bertz CT molecular complexity index is 600. The number of fused-ring (bicyclic) bond motifs is 2. The third-order valence-corrected chi connectivity index (χ3v) is 5.73. The van der Waals surface area contributed by atoms with Crippen LogP contribution < -0.4 is 0 Å². The van der Waals surface area contributed by atoms with E-state index in [0.29, 0.717) is 22.0 Å². The summed E-state index contributed by atoms with van der Waals surface area (Å²) in [6.07, 6.45) is 3.43. The lowest BCUT2D eigenvalue weighted by atomic mass is 9.65. The molecule has 1 aromatic rings. The Morgan fingerprint density at radius 2 is 2.05 bits per heavy atom. The molecular formula is C17H21BrClNO. The summed E-state index contributed by atoms with van der Waals surface area (Å²) in [7, 11) is 0. The lowest BCUT2D eigenvalue weighted by Crippen LogP contribution is -2.37. The summed E-state index contributed by atoms with van der Waals surface area (Å²) >= 11 is 9.45. The maximum atomic E-state index is 12.9. The van der Waals surface area contributed by atoms with E-state index in [9.17, 15) is 4.79 Å². The van der Waals surface area contributed by atoms with E-state index < -0.39 is 0 Å². The van der Waals surface area contributed by atoms with Crippen LogP contribution in [0.1, 0.15) is 50.4 Å². The van der Waals surface area contributed by atoms with Gasteiger partial charge in [-0.05, 0) is 64.2 Å². The van der Waals surface area contributed by atoms with Gasteiger partial charge in [0.1, 0.15) is 0 Å². The minimum Gasteiger partial charge on any atom is -0.335 e. The zero-order valence-corrected chi connectivity index (χ0v) is 15.1. The van der Waals surface area contributed by atoms with Gasteiger partial charge in [-0.1, -0.05) is 32.4 Å². The van der Waals surface area contributed by atoms with Gasteiger partial charge in [-0.3, -0.25) is 4.79 Å². The van der Waals surface area contributed by atoms with Crippen LogP contribution in [0.15, 0.2) is 22.7 Å². The summed E-state index contributed by atoms with van der Waals surface area (Å²) in [5.41, 5.74) is 1.30. The van der Waals surface area contributed by atoms with Gasteiger partial charge >= 0.3 is 0 Å². The highest BCUT2D eigenvalue weighted by atomic mass is 79.9. The van der Waals surface area contributed by atoms with E-state index in [-0.39, 0.29) is 11.3 Å². The maximum absolute atomic E-state index is 12.9. The Morgan fingerprint density at radius 3 is 2.71 bits per heavy atom. The summed E-state index contributed by atoms with van der Waals surface area (Å²) in [6, 6.07) is 5.77. The minimum atomic E-state index is 0.130. The first-order chi connectivity index (χ1) is 9.69. The summed E-state index contributed by atoms with van der Waals surface area (Å²) in [4.78, 5) is 15.0. The second-order valence-corrected chi connectivity index (χ2v) is 9.06.